The van der Waals surface area contributed by atoms with Gasteiger partial charge in [0.15, 0.2) is 0 Å². The Bertz CT molecular complexity index is 2430. The fraction of sp³-hybridized carbons (Fsp3) is 0.0769. The minimum atomic E-state index is -2.54. The Labute approximate surface area is 335 Å². The lowest BCUT2D eigenvalue weighted by atomic mass is 9.87. The van der Waals surface area contributed by atoms with Crippen molar-refractivity contribution < 1.29 is 0 Å². The Hall–Kier alpha value is -5.99. The molecule has 7 aromatic rings. The number of fused-ring (bicyclic) bond motifs is 1. The molecule has 1 heterocycles. The van der Waals surface area contributed by atoms with Crippen molar-refractivity contribution in [2.24, 2.45) is 9.98 Å². The third-order valence-electron chi connectivity index (χ3n) is 10.7. The molecule has 2 nitrogen and oxygen atoms in total. The molecular weight excluding hydrogens is 716 g/mol. The highest BCUT2D eigenvalue weighted by Crippen LogP contribution is 2.75. The van der Waals surface area contributed by atoms with Crippen molar-refractivity contribution in [1.82, 2.24) is 0 Å². The molecule has 0 spiro atoms. The summed E-state index contributed by atoms with van der Waals surface area (Å²) in [7, 11) is 0. The molecule has 56 heavy (non-hydrogen) atoms. The molecule has 2 aliphatic rings. The normalized spacial score (nSPS) is 14.6. The summed E-state index contributed by atoms with van der Waals surface area (Å²) in [5.74, 6) is 0. The van der Waals surface area contributed by atoms with Crippen LogP contribution in [0, 0.1) is 0 Å². The maximum absolute atomic E-state index is 7.25. The number of rotatable bonds is 9. The number of allylic oxidation sites excluding steroid dienone is 2. The van der Waals surface area contributed by atoms with E-state index in [2.05, 4.69) is 200 Å². The molecule has 0 bridgehead atoms. The summed E-state index contributed by atoms with van der Waals surface area (Å²) in [6, 6.07) is 67.9. The molecule has 0 amide bonds. The van der Waals surface area contributed by atoms with E-state index < -0.39 is 6.04 Å². The predicted octanol–water partition coefficient (Wildman–Crippen LogP) is 13.5. The molecule has 1 aliphatic carbocycles. The first-order valence-electron chi connectivity index (χ1n) is 19.4. The molecule has 7 aromatic carbocycles. The Morgan fingerprint density at radius 3 is 1.09 bits per heavy atom. The van der Waals surface area contributed by atoms with E-state index in [9.17, 15) is 0 Å². The van der Waals surface area contributed by atoms with Gasteiger partial charge in [0.05, 0.1) is 22.8 Å². The summed E-state index contributed by atoms with van der Waals surface area (Å²) in [6.07, 6.45) is 4.36. The van der Waals surface area contributed by atoms with E-state index >= 15 is 0 Å². The minimum Gasteiger partial charge on any atom is -0.248 e. The minimum absolute atomic E-state index is 0.921. The van der Waals surface area contributed by atoms with E-state index in [-0.39, 0.29) is 0 Å². The van der Waals surface area contributed by atoms with Crippen LogP contribution < -0.4 is 5.30 Å². The average molecular weight is 757 g/mol. The summed E-state index contributed by atoms with van der Waals surface area (Å²) < 4.78 is 0. The molecule has 1 fully saturated rings. The third kappa shape index (κ3) is 7.01. The lowest BCUT2D eigenvalue weighted by Gasteiger charge is -2.27. The number of hydrogen-bond acceptors (Lipinski definition) is 3. The largest absolute Gasteiger partial charge is 0.248 e. The highest BCUT2D eigenvalue weighted by atomic mass is 32.4. The molecule has 270 valence electrons. The van der Waals surface area contributed by atoms with Gasteiger partial charge in [0.2, 0.25) is 0 Å². The van der Waals surface area contributed by atoms with Gasteiger partial charge in [0, 0.05) is 38.9 Å². The van der Waals surface area contributed by atoms with Crippen LogP contribution >= 0.6 is 6.04 Å². The maximum atomic E-state index is 7.25. The monoisotopic (exact) mass is 756 g/mol. The molecule has 4 heteroatoms. The molecule has 0 N–H and O–H groups in total. The number of nitrogens with zero attached hydrogens (tertiary/aromatic N) is 2. The van der Waals surface area contributed by atoms with E-state index in [1.807, 2.05) is 0 Å². The molecule has 0 atom stereocenters. The quantitative estimate of drug-likeness (QED) is 0.106. The first-order chi connectivity index (χ1) is 27.7. The van der Waals surface area contributed by atoms with Gasteiger partial charge in [0.25, 0.3) is 0 Å². The molecule has 0 radical (unpaired) electrons. The van der Waals surface area contributed by atoms with Crippen LogP contribution in [-0.2, 0) is 11.8 Å². The fourth-order valence-electron chi connectivity index (χ4n) is 8.21. The second kappa shape index (κ2) is 16.0. The number of aliphatic imine (C=N–C) groups is 2. The third-order valence-corrected chi connectivity index (χ3v) is 15.8. The van der Waals surface area contributed by atoms with Gasteiger partial charge >= 0.3 is 0 Å². The van der Waals surface area contributed by atoms with Crippen molar-refractivity contribution in [3.05, 3.63) is 245 Å². The Morgan fingerprint density at radius 2 is 0.732 bits per heavy atom. The van der Waals surface area contributed by atoms with Crippen molar-refractivity contribution in [2.75, 3.05) is 0 Å². The van der Waals surface area contributed by atoms with Gasteiger partial charge in [-0.05, 0) is 77.5 Å². The van der Waals surface area contributed by atoms with Crippen LogP contribution in [0.4, 0.5) is 11.4 Å². The highest BCUT2D eigenvalue weighted by molar-refractivity contribution is 8.28. The summed E-state index contributed by atoms with van der Waals surface area (Å²) in [5, 5.41) is 3.87. The van der Waals surface area contributed by atoms with Gasteiger partial charge < -0.3 is 0 Å². The van der Waals surface area contributed by atoms with Gasteiger partial charge in [-0.25, -0.2) is 9.98 Å². The molecule has 0 saturated heterocycles. The zero-order valence-corrected chi connectivity index (χ0v) is 32.8. The second-order valence-corrected chi connectivity index (χ2v) is 18.6. The van der Waals surface area contributed by atoms with Crippen LogP contribution in [0.1, 0.15) is 59.1 Å². The Morgan fingerprint density at radius 1 is 0.393 bits per heavy atom. The predicted molar refractivity (Wildman–Crippen MR) is 242 cm³/mol. The van der Waals surface area contributed by atoms with Gasteiger partial charge in [0.1, 0.15) is 0 Å². The molecule has 0 unspecified atom stereocenters. The molecule has 9 rings (SSSR count). The van der Waals surface area contributed by atoms with Gasteiger partial charge in [-0.2, -0.15) is 0 Å². The first-order valence-corrected chi connectivity index (χ1v) is 22.2. The fourth-order valence-corrected chi connectivity index (χ4v) is 13.5. The van der Waals surface area contributed by atoms with Crippen LogP contribution in [0.25, 0.3) is 10.6 Å². The van der Waals surface area contributed by atoms with E-state index in [1.165, 1.54) is 38.2 Å². The average Bonchev–Trinajstić information content (AvgIpc) is 3.55. The summed E-state index contributed by atoms with van der Waals surface area (Å²) >= 11 is 7.25. The van der Waals surface area contributed by atoms with Crippen LogP contribution in [0.2, 0.25) is 0 Å². The van der Waals surface area contributed by atoms with E-state index in [0.717, 1.165) is 70.7 Å². The molecule has 1 aliphatic heterocycles. The van der Waals surface area contributed by atoms with E-state index in [4.69, 9.17) is 21.8 Å². The first kappa shape index (κ1) is 35.7. The van der Waals surface area contributed by atoms with Gasteiger partial charge in [-0.1, -0.05) is 188 Å². The summed E-state index contributed by atoms with van der Waals surface area (Å²) in [4.78, 5) is 10.7. The van der Waals surface area contributed by atoms with Gasteiger partial charge in [-0.15, -0.1) is 0 Å². The smallest absolute Gasteiger partial charge is 0.0781 e. The summed E-state index contributed by atoms with van der Waals surface area (Å²) in [5.41, 5.74) is 13.3. The van der Waals surface area contributed by atoms with Crippen molar-refractivity contribution in [2.45, 2.75) is 25.7 Å². The van der Waals surface area contributed by atoms with Crippen molar-refractivity contribution >= 4 is 56.6 Å². The van der Waals surface area contributed by atoms with Crippen molar-refractivity contribution in [1.29, 1.82) is 0 Å². The zero-order valence-electron chi connectivity index (χ0n) is 31.1. The van der Waals surface area contributed by atoms with Crippen LogP contribution in [0.5, 0.6) is 0 Å². The highest BCUT2D eigenvalue weighted by Gasteiger charge is 2.42. The lowest BCUT2D eigenvalue weighted by Crippen LogP contribution is -2.06. The van der Waals surface area contributed by atoms with Crippen LogP contribution in [0.3, 0.4) is 0 Å². The molecule has 0 aromatic heterocycles. The maximum Gasteiger partial charge on any atom is 0.0781 e. The van der Waals surface area contributed by atoms with Crippen LogP contribution in [-0.4, -0.2) is 11.4 Å². The number of benzene rings is 7. The standard InChI is InChI=1S/C52H41N2PS/c56-55(46-32-14-5-15-33-46)51(42-28-18-30-44(36-42)53-49(38-20-6-1-7-21-38)39-22-8-2-9-23-39)47-34-16-17-35-48(47)52(55)43-29-19-31-45(37-43)54-50(40-24-10-3-11-25-40)41-26-12-4-13-27-41/h1-15,18-33,36-37H,16-17,34-35H2. The zero-order chi connectivity index (χ0) is 37.7. The van der Waals surface area contributed by atoms with E-state index in [0.29, 0.717) is 0 Å². The van der Waals surface area contributed by atoms with Crippen molar-refractivity contribution in [3.8, 4) is 0 Å². The SMILES string of the molecule is S=P1(c2ccccc2)C(c2cccc(N=C(c3ccccc3)c3ccccc3)c2)=C2CCCCC2=C1c1cccc(N=C(c2ccccc2)c2ccccc2)c1. The van der Waals surface area contributed by atoms with Gasteiger partial charge in [-0.3, -0.25) is 0 Å². The number of hydrogen-bond donors (Lipinski definition) is 0. The Kier molecular flexibility index (Phi) is 10.2. The molecular formula is C52H41N2PS. The Balaban J connectivity index is 1.20. The molecule has 1 saturated carbocycles. The second-order valence-electron chi connectivity index (χ2n) is 14.3. The lowest BCUT2D eigenvalue weighted by molar-refractivity contribution is 0.685. The van der Waals surface area contributed by atoms with E-state index in [1.54, 1.807) is 0 Å². The topological polar surface area (TPSA) is 24.7 Å². The summed E-state index contributed by atoms with van der Waals surface area (Å²) in [6.45, 7) is 0. The van der Waals surface area contributed by atoms with Crippen LogP contribution in [0.15, 0.2) is 221 Å². The van der Waals surface area contributed by atoms with Crippen molar-refractivity contribution in [3.63, 3.8) is 0 Å².